The minimum Gasteiger partial charge on any atom is -0.489 e. The zero-order valence-corrected chi connectivity index (χ0v) is 15.9. The lowest BCUT2D eigenvalue weighted by Crippen LogP contribution is -2.31. The minimum atomic E-state index is -0.535. The van der Waals surface area contributed by atoms with Gasteiger partial charge in [-0.05, 0) is 42.7 Å². The fourth-order valence-electron chi connectivity index (χ4n) is 2.93. The Bertz CT molecular complexity index is 831. The van der Waals surface area contributed by atoms with E-state index < -0.39 is 6.10 Å². The summed E-state index contributed by atoms with van der Waals surface area (Å²) in [6.45, 7) is 5.30. The molecule has 3 rings (SSSR count). The topological polar surface area (TPSA) is 41.5 Å². The summed E-state index contributed by atoms with van der Waals surface area (Å²) in [5, 5.41) is 13.9. The molecule has 140 valence electrons. The van der Waals surface area contributed by atoms with Gasteiger partial charge in [-0.25, -0.2) is 0 Å². The third kappa shape index (κ3) is 5.68. The van der Waals surface area contributed by atoms with E-state index in [2.05, 4.69) is 42.6 Å². The van der Waals surface area contributed by atoms with Crippen molar-refractivity contribution in [1.29, 1.82) is 0 Å². The average Bonchev–Trinajstić information content (AvgIpc) is 2.72. The molecule has 0 aliphatic rings. The first kappa shape index (κ1) is 19.2. The normalized spacial score (nSPS) is 13.1. The van der Waals surface area contributed by atoms with Crippen LogP contribution in [-0.2, 0) is 13.2 Å². The second-order valence-corrected chi connectivity index (χ2v) is 6.95. The van der Waals surface area contributed by atoms with Crippen LogP contribution in [0.25, 0.3) is 0 Å². The van der Waals surface area contributed by atoms with Crippen LogP contribution in [-0.4, -0.2) is 11.1 Å². The van der Waals surface area contributed by atoms with Crippen LogP contribution in [0.1, 0.15) is 35.3 Å². The predicted octanol–water partition coefficient (Wildman–Crippen LogP) is 4.79. The SMILES string of the molecule is Cc1ccc(COc2cccc(CNC(C)C(O)c3ccccc3)c2)cc1. The second-order valence-electron chi connectivity index (χ2n) is 6.95. The second kappa shape index (κ2) is 9.36. The fourth-order valence-corrected chi connectivity index (χ4v) is 2.93. The van der Waals surface area contributed by atoms with Gasteiger partial charge in [-0.15, -0.1) is 0 Å². The van der Waals surface area contributed by atoms with E-state index in [1.54, 1.807) is 0 Å². The van der Waals surface area contributed by atoms with Crippen LogP contribution in [0.3, 0.4) is 0 Å². The first-order valence-corrected chi connectivity index (χ1v) is 9.35. The van der Waals surface area contributed by atoms with E-state index >= 15 is 0 Å². The molecule has 0 aromatic heterocycles. The van der Waals surface area contributed by atoms with Crippen molar-refractivity contribution in [2.75, 3.05) is 0 Å². The smallest absolute Gasteiger partial charge is 0.120 e. The van der Waals surface area contributed by atoms with Gasteiger partial charge in [0.1, 0.15) is 12.4 Å². The van der Waals surface area contributed by atoms with Gasteiger partial charge in [-0.2, -0.15) is 0 Å². The molecule has 2 atom stereocenters. The molecule has 0 fully saturated rings. The van der Waals surface area contributed by atoms with Crippen LogP contribution in [0, 0.1) is 6.92 Å². The Morgan fingerprint density at radius 3 is 2.37 bits per heavy atom. The van der Waals surface area contributed by atoms with Crippen molar-refractivity contribution in [3.63, 3.8) is 0 Å². The standard InChI is InChI=1S/C24H27NO2/c1-18-11-13-20(14-12-18)17-27-23-10-6-7-21(15-23)16-25-19(2)24(26)22-8-4-3-5-9-22/h3-15,19,24-26H,16-17H2,1-2H3. The van der Waals surface area contributed by atoms with Gasteiger partial charge in [-0.1, -0.05) is 72.3 Å². The molecule has 3 heteroatoms. The van der Waals surface area contributed by atoms with Gasteiger partial charge in [0.15, 0.2) is 0 Å². The number of nitrogens with one attached hydrogen (secondary N) is 1. The summed E-state index contributed by atoms with van der Waals surface area (Å²) in [5.74, 6) is 0.853. The van der Waals surface area contributed by atoms with Gasteiger partial charge in [0, 0.05) is 12.6 Å². The summed E-state index contributed by atoms with van der Waals surface area (Å²) in [5.41, 5.74) is 4.46. The molecule has 0 aliphatic carbocycles. The number of hydrogen-bond acceptors (Lipinski definition) is 3. The first-order chi connectivity index (χ1) is 13.1. The monoisotopic (exact) mass is 361 g/mol. The fraction of sp³-hybridized carbons (Fsp3) is 0.250. The molecule has 0 amide bonds. The van der Waals surface area contributed by atoms with Crippen LogP contribution < -0.4 is 10.1 Å². The van der Waals surface area contributed by atoms with E-state index in [4.69, 9.17) is 4.74 Å². The number of benzene rings is 3. The highest BCUT2D eigenvalue weighted by molar-refractivity contribution is 5.29. The maximum atomic E-state index is 10.5. The minimum absolute atomic E-state index is 0.0514. The van der Waals surface area contributed by atoms with Gasteiger partial charge in [0.2, 0.25) is 0 Å². The van der Waals surface area contributed by atoms with E-state index in [9.17, 15) is 5.11 Å². The lowest BCUT2D eigenvalue weighted by Gasteiger charge is -2.21. The van der Waals surface area contributed by atoms with E-state index in [-0.39, 0.29) is 6.04 Å². The molecule has 3 aromatic carbocycles. The van der Waals surface area contributed by atoms with Crippen LogP contribution >= 0.6 is 0 Å². The summed E-state index contributed by atoms with van der Waals surface area (Å²) < 4.78 is 5.92. The Morgan fingerprint density at radius 1 is 0.889 bits per heavy atom. The maximum absolute atomic E-state index is 10.5. The Morgan fingerprint density at radius 2 is 1.63 bits per heavy atom. The summed E-state index contributed by atoms with van der Waals surface area (Å²) in [6, 6.07) is 26.1. The number of rotatable bonds is 8. The van der Waals surface area contributed by atoms with Gasteiger partial charge in [0.25, 0.3) is 0 Å². The zero-order chi connectivity index (χ0) is 19.1. The molecule has 0 radical (unpaired) electrons. The summed E-state index contributed by atoms with van der Waals surface area (Å²) in [4.78, 5) is 0. The molecule has 27 heavy (non-hydrogen) atoms. The van der Waals surface area contributed by atoms with E-state index in [0.717, 1.165) is 22.4 Å². The van der Waals surface area contributed by atoms with Crippen LogP contribution in [0.5, 0.6) is 5.75 Å². The molecular weight excluding hydrogens is 334 g/mol. The van der Waals surface area contributed by atoms with Crippen LogP contribution in [0.15, 0.2) is 78.9 Å². The lowest BCUT2D eigenvalue weighted by molar-refractivity contribution is 0.135. The van der Waals surface area contributed by atoms with Gasteiger partial charge >= 0.3 is 0 Å². The molecule has 0 spiro atoms. The molecule has 2 unspecified atom stereocenters. The van der Waals surface area contributed by atoms with Gasteiger partial charge in [0.05, 0.1) is 6.10 Å². The molecule has 2 N–H and O–H groups in total. The molecule has 0 aliphatic heterocycles. The van der Waals surface area contributed by atoms with Crippen LogP contribution in [0.2, 0.25) is 0 Å². The number of aliphatic hydroxyl groups is 1. The summed E-state index contributed by atoms with van der Waals surface area (Å²) in [6.07, 6.45) is -0.535. The highest BCUT2D eigenvalue weighted by Gasteiger charge is 2.15. The lowest BCUT2D eigenvalue weighted by atomic mass is 10.0. The van der Waals surface area contributed by atoms with E-state index in [1.165, 1.54) is 5.56 Å². The van der Waals surface area contributed by atoms with Crippen molar-refractivity contribution in [3.05, 3.63) is 101 Å². The van der Waals surface area contributed by atoms with Gasteiger partial charge in [-0.3, -0.25) is 0 Å². The highest BCUT2D eigenvalue weighted by atomic mass is 16.5. The summed E-state index contributed by atoms with van der Waals surface area (Å²) in [7, 11) is 0. The zero-order valence-electron chi connectivity index (χ0n) is 15.9. The first-order valence-electron chi connectivity index (χ1n) is 9.35. The van der Waals surface area contributed by atoms with Crippen molar-refractivity contribution >= 4 is 0 Å². The molecule has 3 nitrogen and oxygen atoms in total. The maximum Gasteiger partial charge on any atom is 0.120 e. The average molecular weight is 361 g/mol. The number of hydrogen-bond donors (Lipinski definition) is 2. The Labute approximate surface area is 161 Å². The van der Waals surface area contributed by atoms with Crippen molar-refractivity contribution in [3.8, 4) is 5.75 Å². The quantitative estimate of drug-likeness (QED) is 0.606. The molecule has 3 aromatic rings. The Balaban J connectivity index is 1.53. The molecular formula is C24H27NO2. The van der Waals surface area contributed by atoms with Crippen LogP contribution in [0.4, 0.5) is 0 Å². The number of aryl methyl sites for hydroxylation is 1. The Hall–Kier alpha value is -2.62. The van der Waals surface area contributed by atoms with Crippen molar-refractivity contribution in [1.82, 2.24) is 5.32 Å². The van der Waals surface area contributed by atoms with Gasteiger partial charge < -0.3 is 15.2 Å². The van der Waals surface area contributed by atoms with Crippen molar-refractivity contribution in [2.45, 2.75) is 39.1 Å². The summed E-state index contributed by atoms with van der Waals surface area (Å²) >= 11 is 0. The van der Waals surface area contributed by atoms with Crippen molar-refractivity contribution < 1.29 is 9.84 Å². The van der Waals surface area contributed by atoms with Crippen molar-refractivity contribution in [2.24, 2.45) is 0 Å². The predicted molar refractivity (Wildman–Crippen MR) is 110 cm³/mol. The highest BCUT2D eigenvalue weighted by Crippen LogP contribution is 2.18. The third-order valence-electron chi connectivity index (χ3n) is 4.67. The van der Waals surface area contributed by atoms with E-state index in [1.807, 2.05) is 55.5 Å². The van der Waals surface area contributed by atoms with E-state index in [0.29, 0.717) is 13.2 Å². The largest absolute Gasteiger partial charge is 0.489 e. The third-order valence-corrected chi connectivity index (χ3v) is 4.67. The molecule has 0 saturated heterocycles. The Kier molecular flexibility index (Phi) is 6.64. The molecule has 0 bridgehead atoms. The number of aliphatic hydroxyl groups excluding tert-OH is 1. The number of ether oxygens (including phenoxy) is 1. The molecule has 0 heterocycles. The molecule has 0 saturated carbocycles.